The second-order valence-electron chi connectivity index (χ2n) is 3.44. The standard InChI is InChI=1S/C9H16N2O3S2/c1-8-6-10-9(15-8)7-11-16(13,14)5-3-2-4-12/h6,11-12H,2-5,7H2,1H3. The van der Waals surface area contributed by atoms with Crippen molar-refractivity contribution in [1.82, 2.24) is 9.71 Å². The third kappa shape index (κ3) is 5.02. The largest absolute Gasteiger partial charge is 0.396 e. The van der Waals surface area contributed by atoms with E-state index in [4.69, 9.17) is 5.11 Å². The molecule has 0 aliphatic rings. The Morgan fingerprint density at radius 3 is 2.81 bits per heavy atom. The van der Waals surface area contributed by atoms with Gasteiger partial charge in [-0.2, -0.15) is 0 Å². The molecule has 2 N–H and O–H groups in total. The molecule has 0 fully saturated rings. The molecule has 5 nitrogen and oxygen atoms in total. The van der Waals surface area contributed by atoms with Gasteiger partial charge in [0.1, 0.15) is 5.01 Å². The van der Waals surface area contributed by atoms with Crippen LogP contribution in [0.1, 0.15) is 22.7 Å². The predicted molar refractivity (Wildman–Crippen MR) is 63.8 cm³/mol. The van der Waals surface area contributed by atoms with Crippen LogP contribution in [0.25, 0.3) is 0 Å². The maximum absolute atomic E-state index is 11.5. The van der Waals surface area contributed by atoms with E-state index in [-0.39, 0.29) is 18.9 Å². The van der Waals surface area contributed by atoms with Crippen molar-refractivity contribution in [3.8, 4) is 0 Å². The van der Waals surface area contributed by atoms with Gasteiger partial charge in [-0.15, -0.1) is 11.3 Å². The monoisotopic (exact) mass is 264 g/mol. The van der Waals surface area contributed by atoms with E-state index in [0.717, 1.165) is 9.88 Å². The van der Waals surface area contributed by atoms with Gasteiger partial charge in [0.15, 0.2) is 0 Å². The minimum atomic E-state index is -3.24. The molecule has 0 amide bonds. The van der Waals surface area contributed by atoms with Crippen LogP contribution in [0.15, 0.2) is 6.20 Å². The Morgan fingerprint density at radius 2 is 2.25 bits per heavy atom. The van der Waals surface area contributed by atoms with Crippen LogP contribution in [0.4, 0.5) is 0 Å². The fraction of sp³-hybridized carbons (Fsp3) is 0.667. The van der Waals surface area contributed by atoms with E-state index in [1.165, 1.54) is 11.3 Å². The van der Waals surface area contributed by atoms with Crippen molar-refractivity contribution in [3.05, 3.63) is 16.1 Å². The van der Waals surface area contributed by atoms with Crippen LogP contribution in [0, 0.1) is 6.92 Å². The summed E-state index contributed by atoms with van der Waals surface area (Å²) >= 11 is 1.48. The molecule has 0 aliphatic carbocycles. The molecule has 7 heteroatoms. The van der Waals surface area contributed by atoms with E-state index < -0.39 is 10.0 Å². The number of thiazole rings is 1. The number of sulfonamides is 1. The molecular formula is C9H16N2O3S2. The topological polar surface area (TPSA) is 79.3 Å². The lowest BCUT2D eigenvalue weighted by Gasteiger charge is -2.03. The number of aliphatic hydroxyl groups is 1. The van der Waals surface area contributed by atoms with Crippen LogP contribution in [0.5, 0.6) is 0 Å². The first-order valence-corrected chi connectivity index (χ1v) is 7.50. The molecule has 0 aliphatic heterocycles. The summed E-state index contributed by atoms with van der Waals surface area (Å²) in [5, 5.41) is 9.32. The van der Waals surface area contributed by atoms with Gasteiger partial charge in [0.05, 0.1) is 12.3 Å². The molecule has 0 aromatic carbocycles. The molecule has 1 aromatic rings. The van der Waals surface area contributed by atoms with Crippen LogP contribution in [0.2, 0.25) is 0 Å². The normalized spacial score (nSPS) is 11.9. The fourth-order valence-corrected chi connectivity index (χ4v) is 3.03. The lowest BCUT2D eigenvalue weighted by atomic mass is 10.4. The van der Waals surface area contributed by atoms with Crippen molar-refractivity contribution in [2.24, 2.45) is 0 Å². The van der Waals surface area contributed by atoms with Gasteiger partial charge in [0, 0.05) is 17.7 Å². The highest BCUT2D eigenvalue weighted by Gasteiger charge is 2.10. The quantitative estimate of drug-likeness (QED) is 0.708. The van der Waals surface area contributed by atoms with Crippen molar-refractivity contribution >= 4 is 21.4 Å². The number of nitrogens with zero attached hydrogens (tertiary/aromatic N) is 1. The summed E-state index contributed by atoms with van der Waals surface area (Å²) in [6.07, 6.45) is 2.71. The lowest BCUT2D eigenvalue weighted by molar-refractivity contribution is 0.287. The minimum Gasteiger partial charge on any atom is -0.396 e. The first-order valence-electron chi connectivity index (χ1n) is 5.03. The van der Waals surface area contributed by atoms with Crippen molar-refractivity contribution in [2.45, 2.75) is 26.3 Å². The number of hydrogen-bond donors (Lipinski definition) is 2. The van der Waals surface area contributed by atoms with Gasteiger partial charge in [-0.05, 0) is 19.8 Å². The van der Waals surface area contributed by atoms with Crippen molar-refractivity contribution in [2.75, 3.05) is 12.4 Å². The van der Waals surface area contributed by atoms with Gasteiger partial charge < -0.3 is 5.11 Å². The highest BCUT2D eigenvalue weighted by molar-refractivity contribution is 7.89. The Labute approximate surface area is 99.6 Å². The zero-order valence-electron chi connectivity index (χ0n) is 9.14. The Kier molecular flexibility index (Phi) is 5.33. The minimum absolute atomic E-state index is 0.0290. The number of hydrogen-bond acceptors (Lipinski definition) is 5. The summed E-state index contributed by atoms with van der Waals surface area (Å²) in [6.45, 7) is 2.21. The Hall–Kier alpha value is -0.500. The molecule has 0 atom stereocenters. The van der Waals surface area contributed by atoms with Gasteiger partial charge in [0.25, 0.3) is 0 Å². The highest BCUT2D eigenvalue weighted by Crippen LogP contribution is 2.10. The Bertz CT molecular complexity index is 414. The van der Waals surface area contributed by atoms with Crippen LogP contribution < -0.4 is 4.72 Å². The summed E-state index contributed by atoms with van der Waals surface area (Å²) in [5.41, 5.74) is 0. The van der Waals surface area contributed by atoms with Crippen LogP contribution >= 0.6 is 11.3 Å². The first kappa shape index (κ1) is 13.6. The zero-order chi connectivity index (χ0) is 12.0. The summed E-state index contributed by atoms with van der Waals surface area (Å²) in [6, 6.07) is 0. The third-order valence-electron chi connectivity index (χ3n) is 1.93. The second kappa shape index (κ2) is 6.29. The number of rotatable bonds is 7. The molecule has 1 heterocycles. The fourth-order valence-electron chi connectivity index (χ4n) is 1.13. The van der Waals surface area contributed by atoms with Gasteiger partial charge in [0.2, 0.25) is 10.0 Å². The van der Waals surface area contributed by atoms with E-state index in [9.17, 15) is 8.42 Å². The summed E-state index contributed by atoms with van der Waals surface area (Å²) in [5.74, 6) is 0.0535. The molecule has 92 valence electrons. The molecule has 1 aromatic heterocycles. The number of unbranched alkanes of at least 4 members (excludes halogenated alkanes) is 1. The van der Waals surface area contributed by atoms with E-state index in [1.807, 2.05) is 6.92 Å². The SMILES string of the molecule is Cc1cnc(CNS(=O)(=O)CCCCO)s1. The zero-order valence-corrected chi connectivity index (χ0v) is 10.8. The summed E-state index contributed by atoms with van der Waals surface area (Å²) < 4.78 is 25.4. The van der Waals surface area contributed by atoms with Crippen molar-refractivity contribution in [1.29, 1.82) is 0 Å². The average molecular weight is 264 g/mol. The molecule has 0 radical (unpaired) electrons. The van der Waals surface area contributed by atoms with Crippen molar-refractivity contribution in [3.63, 3.8) is 0 Å². The van der Waals surface area contributed by atoms with Gasteiger partial charge >= 0.3 is 0 Å². The molecule has 0 saturated carbocycles. The molecule has 0 saturated heterocycles. The molecule has 16 heavy (non-hydrogen) atoms. The summed E-state index contributed by atoms with van der Waals surface area (Å²) in [7, 11) is -3.24. The molecule has 0 bridgehead atoms. The second-order valence-corrected chi connectivity index (χ2v) is 6.68. The first-order chi connectivity index (χ1) is 7.53. The number of nitrogens with one attached hydrogen (secondary N) is 1. The maximum Gasteiger partial charge on any atom is 0.211 e. The van der Waals surface area contributed by atoms with Crippen LogP contribution in [-0.4, -0.2) is 30.9 Å². The Balaban J connectivity index is 2.36. The average Bonchev–Trinajstić information content (AvgIpc) is 2.62. The van der Waals surface area contributed by atoms with E-state index in [0.29, 0.717) is 12.8 Å². The highest BCUT2D eigenvalue weighted by atomic mass is 32.2. The third-order valence-corrected chi connectivity index (χ3v) is 4.26. The number of aryl methyl sites for hydroxylation is 1. The van der Waals surface area contributed by atoms with E-state index in [2.05, 4.69) is 9.71 Å². The van der Waals surface area contributed by atoms with E-state index >= 15 is 0 Å². The number of aromatic nitrogens is 1. The molecule has 0 spiro atoms. The smallest absolute Gasteiger partial charge is 0.211 e. The van der Waals surface area contributed by atoms with Crippen LogP contribution in [-0.2, 0) is 16.6 Å². The van der Waals surface area contributed by atoms with E-state index in [1.54, 1.807) is 6.20 Å². The molecule has 1 rings (SSSR count). The van der Waals surface area contributed by atoms with Gasteiger partial charge in [-0.1, -0.05) is 0 Å². The number of aliphatic hydroxyl groups excluding tert-OH is 1. The van der Waals surface area contributed by atoms with Crippen LogP contribution in [0.3, 0.4) is 0 Å². The Morgan fingerprint density at radius 1 is 1.50 bits per heavy atom. The summed E-state index contributed by atoms with van der Waals surface area (Å²) in [4.78, 5) is 5.13. The predicted octanol–water partition coefficient (Wildman–Crippen LogP) is 0.643. The van der Waals surface area contributed by atoms with Crippen molar-refractivity contribution < 1.29 is 13.5 Å². The molecular weight excluding hydrogens is 248 g/mol. The molecule has 0 unspecified atom stereocenters. The maximum atomic E-state index is 11.5. The van der Waals surface area contributed by atoms with Gasteiger partial charge in [-0.3, -0.25) is 0 Å². The van der Waals surface area contributed by atoms with Gasteiger partial charge in [-0.25, -0.2) is 18.1 Å². The lowest BCUT2D eigenvalue weighted by Crippen LogP contribution is -2.26.